The van der Waals surface area contributed by atoms with Gasteiger partial charge in [0.1, 0.15) is 18.5 Å². The van der Waals surface area contributed by atoms with Crippen LogP contribution in [0.15, 0.2) is 84.2 Å². The molecule has 0 atom stereocenters. The highest BCUT2D eigenvalue weighted by Crippen LogP contribution is 2.27. The van der Waals surface area contributed by atoms with Crippen molar-refractivity contribution in [3.63, 3.8) is 0 Å². The van der Waals surface area contributed by atoms with Crippen molar-refractivity contribution in [2.24, 2.45) is 5.73 Å². The highest BCUT2D eigenvalue weighted by Gasteiger charge is 2.17. The number of hydrogen-bond donors (Lipinski definition) is 2. The molecular formula is C26H21FN6O2. The first kappa shape index (κ1) is 22.2. The first-order valence-corrected chi connectivity index (χ1v) is 10.9. The molecule has 0 radical (unpaired) electrons. The van der Waals surface area contributed by atoms with Gasteiger partial charge in [0, 0.05) is 17.8 Å². The lowest BCUT2D eigenvalue weighted by Crippen LogP contribution is -2.21. The summed E-state index contributed by atoms with van der Waals surface area (Å²) in [5.41, 5.74) is 8.74. The molecule has 35 heavy (non-hydrogen) atoms. The molecule has 0 fully saturated rings. The van der Waals surface area contributed by atoms with E-state index in [0.29, 0.717) is 17.8 Å². The number of imidazole rings is 1. The number of aromatic nitrogens is 4. The number of carbonyl (C=O) groups excluding carboxylic acids is 1. The summed E-state index contributed by atoms with van der Waals surface area (Å²) >= 11 is 0. The van der Waals surface area contributed by atoms with Crippen molar-refractivity contribution in [1.82, 2.24) is 24.4 Å². The van der Waals surface area contributed by atoms with Gasteiger partial charge >= 0.3 is 0 Å². The van der Waals surface area contributed by atoms with Gasteiger partial charge in [-0.3, -0.25) is 18.7 Å². The lowest BCUT2D eigenvalue weighted by molar-refractivity contribution is 0.1000. The Bertz CT molecular complexity index is 1640. The number of halogens is 1. The fourth-order valence-electron chi connectivity index (χ4n) is 4.10. The van der Waals surface area contributed by atoms with E-state index in [1.165, 1.54) is 23.3 Å². The predicted octanol–water partition coefficient (Wildman–Crippen LogP) is 3.20. The van der Waals surface area contributed by atoms with Crippen molar-refractivity contribution in [2.45, 2.75) is 6.54 Å². The Kier molecular flexibility index (Phi) is 5.68. The summed E-state index contributed by atoms with van der Waals surface area (Å²) in [7, 11) is 1.85. The fourth-order valence-corrected chi connectivity index (χ4v) is 4.10. The molecule has 0 aliphatic carbocycles. The van der Waals surface area contributed by atoms with Gasteiger partial charge in [0.2, 0.25) is 5.91 Å². The first-order valence-electron chi connectivity index (χ1n) is 10.9. The van der Waals surface area contributed by atoms with E-state index in [-0.39, 0.29) is 22.4 Å². The third-order valence-electron chi connectivity index (χ3n) is 5.78. The van der Waals surface area contributed by atoms with Gasteiger partial charge in [0.05, 0.1) is 5.69 Å². The van der Waals surface area contributed by atoms with Gasteiger partial charge in [-0.2, -0.15) is 0 Å². The van der Waals surface area contributed by atoms with Crippen LogP contribution in [-0.4, -0.2) is 32.1 Å². The predicted molar refractivity (Wildman–Crippen MR) is 131 cm³/mol. The van der Waals surface area contributed by atoms with Crippen LogP contribution in [-0.2, 0) is 6.54 Å². The van der Waals surface area contributed by atoms with Crippen molar-refractivity contribution >= 4 is 17.1 Å². The summed E-state index contributed by atoms with van der Waals surface area (Å²) in [4.78, 5) is 33.5. The van der Waals surface area contributed by atoms with Gasteiger partial charge in [-0.1, -0.05) is 36.4 Å². The maximum atomic E-state index is 15.3. The van der Waals surface area contributed by atoms with Gasteiger partial charge < -0.3 is 11.1 Å². The Balaban J connectivity index is 1.62. The van der Waals surface area contributed by atoms with Crippen LogP contribution >= 0.6 is 0 Å². The Morgan fingerprint density at radius 1 is 1.00 bits per heavy atom. The van der Waals surface area contributed by atoms with Crippen molar-refractivity contribution in [2.75, 3.05) is 7.05 Å². The molecule has 0 saturated heterocycles. The minimum Gasteiger partial charge on any atom is -0.366 e. The number of carbonyl (C=O) groups is 1. The highest BCUT2D eigenvalue weighted by molar-refractivity contribution is 5.93. The maximum Gasteiger partial charge on any atom is 0.284 e. The van der Waals surface area contributed by atoms with Crippen molar-refractivity contribution in [3.8, 4) is 22.5 Å². The third kappa shape index (κ3) is 3.98. The molecule has 9 heteroatoms. The number of amides is 1. The number of primary amides is 1. The van der Waals surface area contributed by atoms with E-state index < -0.39 is 17.3 Å². The fraction of sp³-hybridized carbons (Fsp3) is 0.0769. The lowest BCUT2D eigenvalue weighted by atomic mass is 9.99. The van der Waals surface area contributed by atoms with Crippen LogP contribution < -0.4 is 16.6 Å². The van der Waals surface area contributed by atoms with Gasteiger partial charge in [-0.15, -0.1) is 0 Å². The zero-order valence-corrected chi connectivity index (χ0v) is 18.8. The average molecular weight is 468 g/mol. The summed E-state index contributed by atoms with van der Waals surface area (Å²) in [5.74, 6) is -1.16. The minimum atomic E-state index is -0.592. The molecule has 0 bridgehead atoms. The zero-order valence-electron chi connectivity index (χ0n) is 18.8. The van der Waals surface area contributed by atoms with E-state index in [2.05, 4.69) is 15.3 Å². The van der Waals surface area contributed by atoms with Crippen LogP contribution in [0, 0.1) is 5.82 Å². The van der Waals surface area contributed by atoms with Gasteiger partial charge in [0.15, 0.2) is 11.2 Å². The molecule has 2 heterocycles. The SMILES string of the molecule is CNCc1ccccc1-c1ccc(-n2cnc3ncn(-c4cccc(C(N)=O)c4)c3c2=O)c(F)c1. The standard InChI is InChI=1S/C26H21FN6O2/c1-29-13-18-5-2-3-8-20(18)16-9-10-22(21(27)12-16)33-15-31-25-23(26(33)35)32(14-30-25)19-7-4-6-17(11-19)24(28)34/h2-12,14-15,29H,13H2,1H3,(H2,28,34). The van der Waals surface area contributed by atoms with E-state index in [1.807, 2.05) is 31.3 Å². The van der Waals surface area contributed by atoms with E-state index >= 15 is 4.39 Å². The minimum absolute atomic E-state index is 0.0675. The number of benzene rings is 3. The topological polar surface area (TPSA) is 108 Å². The molecule has 3 aromatic carbocycles. The van der Waals surface area contributed by atoms with E-state index in [1.54, 1.807) is 36.4 Å². The number of nitrogens with one attached hydrogen (secondary N) is 1. The van der Waals surface area contributed by atoms with Crippen molar-refractivity contribution < 1.29 is 9.18 Å². The maximum absolute atomic E-state index is 15.3. The number of rotatable bonds is 6. The molecule has 3 N–H and O–H groups in total. The largest absolute Gasteiger partial charge is 0.366 e. The number of nitrogens with zero attached hydrogens (tertiary/aromatic N) is 4. The van der Waals surface area contributed by atoms with Crippen LogP contribution in [0.4, 0.5) is 4.39 Å². The normalized spacial score (nSPS) is 11.1. The average Bonchev–Trinajstić information content (AvgIpc) is 3.30. The summed E-state index contributed by atoms with van der Waals surface area (Å²) in [5, 5.41) is 3.11. The van der Waals surface area contributed by atoms with Gasteiger partial charge in [0.25, 0.3) is 5.56 Å². The zero-order chi connectivity index (χ0) is 24.5. The molecule has 5 aromatic rings. The second kappa shape index (κ2) is 8.96. The molecule has 8 nitrogen and oxygen atoms in total. The Hall–Kier alpha value is -4.63. The second-order valence-electron chi connectivity index (χ2n) is 7.97. The summed E-state index contributed by atoms with van der Waals surface area (Å²) in [6.07, 6.45) is 2.69. The summed E-state index contributed by atoms with van der Waals surface area (Å²) in [6.45, 7) is 0.639. The molecule has 2 aromatic heterocycles. The molecule has 0 unspecified atom stereocenters. The van der Waals surface area contributed by atoms with Gasteiger partial charge in [-0.25, -0.2) is 14.4 Å². The number of hydrogen-bond acceptors (Lipinski definition) is 5. The van der Waals surface area contributed by atoms with Crippen LogP contribution in [0.1, 0.15) is 15.9 Å². The first-order chi connectivity index (χ1) is 17.0. The van der Waals surface area contributed by atoms with Crippen molar-refractivity contribution in [1.29, 1.82) is 0 Å². The molecule has 0 spiro atoms. The third-order valence-corrected chi connectivity index (χ3v) is 5.78. The van der Waals surface area contributed by atoms with E-state index in [0.717, 1.165) is 15.7 Å². The molecule has 1 amide bonds. The van der Waals surface area contributed by atoms with Crippen LogP contribution in [0.5, 0.6) is 0 Å². The van der Waals surface area contributed by atoms with Crippen LogP contribution in [0.25, 0.3) is 33.7 Å². The smallest absolute Gasteiger partial charge is 0.284 e. The summed E-state index contributed by atoms with van der Waals surface area (Å²) < 4.78 is 18.0. The molecule has 0 aliphatic heterocycles. The quantitative estimate of drug-likeness (QED) is 0.398. The molecule has 0 aliphatic rings. The molecule has 0 saturated carbocycles. The van der Waals surface area contributed by atoms with Gasteiger partial charge in [-0.05, 0) is 54.1 Å². The Labute approximate surface area is 199 Å². The highest BCUT2D eigenvalue weighted by atomic mass is 19.1. The van der Waals surface area contributed by atoms with Crippen molar-refractivity contribution in [3.05, 3.63) is 107 Å². The van der Waals surface area contributed by atoms with Crippen LogP contribution in [0.3, 0.4) is 0 Å². The lowest BCUT2D eigenvalue weighted by Gasteiger charge is -2.12. The number of nitrogens with two attached hydrogens (primary N) is 1. The summed E-state index contributed by atoms with van der Waals surface area (Å²) in [6, 6.07) is 19.0. The molecule has 174 valence electrons. The van der Waals surface area contributed by atoms with E-state index in [4.69, 9.17) is 5.73 Å². The molecule has 5 rings (SSSR count). The number of fused-ring (bicyclic) bond motifs is 1. The molecular weight excluding hydrogens is 447 g/mol. The Morgan fingerprint density at radius 3 is 2.51 bits per heavy atom. The Morgan fingerprint density at radius 2 is 1.77 bits per heavy atom. The van der Waals surface area contributed by atoms with E-state index in [9.17, 15) is 9.59 Å². The monoisotopic (exact) mass is 468 g/mol. The van der Waals surface area contributed by atoms with Crippen LogP contribution in [0.2, 0.25) is 0 Å². The second-order valence-corrected chi connectivity index (χ2v) is 7.97.